The highest BCUT2D eigenvalue weighted by atomic mass is 79.9. The van der Waals surface area contributed by atoms with Crippen molar-refractivity contribution < 1.29 is 9.90 Å². The fraction of sp³-hybridized carbons (Fsp3) is 0.273. The minimum Gasteiger partial charge on any atom is -0.481 e. The van der Waals surface area contributed by atoms with E-state index in [0.29, 0.717) is 12.5 Å². The van der Waals surface area contributed by atoms with Gasteiger partial charge >= 0.3 is 5.97 Å². The fourth-order valence-corrected chi connectivity index (χ4v) is 3.92. The van der Waals surface area contributed by atoms with E-state index in [1.165, 1.54) is 0 Å². The second-order valence-corrected chi connectivity index (χ2v) is 7.28. The molecule has 2 rings (SSSR count). The van der Waals surface area contributed by atoms with Crippen LogP contribution in [0.4, 0.5) is 5.95 Å². The molecule has 0 aliphatic heterocycles. The van der Waals surface area contributed by atoms with Gasteiger partial charge in [0.1, 0.15) is 5.52 Å². The summed E-state index contributed by atoms with van der Waals surface area (Å²) < 4.78 is 3.42. The zero-order valence-corrected chi connectivity index (χ0v) is 16.5. The molecule has 0 bridgehead atoms. The molecular weight excluding hydrogens is 526 g/mol. The van der Waals surface area contributed by atoms with Gasteiger partial charge in [-0.25, -0.2) is 4.98 Å². The van der Waals surface area contributed by atoms with Crippen molar-refractivity contribution in [3.63, 3.8) is 0 Å². The predicted octanol–water partition coefficient (Wildman–Crippen LogP) is 4.52. The number of halogens is 4. The van der Waals surface area contributed by atoms with Crippen molar-refractivity contribution in [3.8, 4) is 0 Å². The normalized spacial score (nSPS) is 11.1. The molecule has 0 atom stereocenters. The molecule has 108 valence electrons. The number of aromatic amines is 1. The van der Waals surface area contributed by atoms with Gasteiger partial charge in [0.2, 0.25) is 5.95 Å². The number of aliphatic carboxylic acids is 1. The molecule has 0 radical (unpaired) electrons. The molecule has 0 aliphatic rings. The number of rotatable bonds is 4. The van der Waals surface area contributed by atoms with Crippen molar-refractivity contribution in [2.24, 2.45) is 0 Å². The average Bonchev–Trinajstić information content (AvgIpc) is 2.85. The molecule has 2 aromatic rings. The summed E-state index contributed by atoms with van der Waals surface area (Å²) in [4.78, 5) is 20.1. The van der Waals surface area contributed by atoms with Crippen LogP contribution in [0.15, 0.2) is 17.9 Å². The van der Waals surface area contributed by atoms with Gasteiger partial charge in [0, 0.05) is 22.5 Å². The first-order valence-electron chi connectivity index (χ1n) is 5.47. The standard InChI is InChI=1S/C11H9Br4N3O2/c1-18(3-2-4(19)20)11-16-9-7(14)5(12)6(13)8(15)10(9)17-11/h2-3H2,1H3,(H,16,17)(H,19,20). The maximum atomic E-state index is 10.6. The number of benzene rings is 1. The number of hydrogen-bond acceptors (Lipinski definition) is 3. The van der Waals surface area contributed by atoms with Gasteiger partial charge in [-0.2, -0.15) is 0 Å². The van der Waals surface area contributed by atoms with Crippen molar-refractivity contribution in [2.45, 2.75) is 6.42 Å². The van der Waals surface area contributed by atoms with Gasteiger partial charge in [0.15, 0.2) is 0 Å². The molecule has 20 heavy (non-hydrogen) atoms. The number of carboxylic acid groups (broad SMARTS) is 1. The van der Waals surface area contributed by atoms with E-state index in [4.69, 9.17) is 5.11 Å². The summed E-state index contributed by atoms with van der Waals surface area (Å²) in [7, 11) is 1.80. The first kappa shape index (κ1) is 16.3. The third-order valence-corrected chi connectivity index (χ3v) is 7.47. The first-order valence-corrected chi connectivity index (χ1v) is 8.64. The van der Waals surface area contributed by atoms with Crippen molar-refractivity contribution in [2.75, 3.05) is 18.5 Å². The number of H-pyrrole nitrogens is 1. The smallest absolute Gasteiger partial charge is 0.305 e. The minimum atomic E-state index is -0.833. The summed E-state index contributed by atoms with van der Waals surface area (Å²) in [6, 6.07) is 0. The largest absolute Gasteiger partial charge is 0.481 e. The third kappa shape index (κ3) is 3.05. The maximum Gasteiger partial charge on any atom is 0.305 e. The lowest BCUT2D eigenvalue weighted by atomic mass is 10.3. The van der Waals surface area contributed by atoms with Gasteiger partial charge in [-0.3, -0.25) is 4.79 Å². The Morgan fingerprint density at radius 3 is 2.40 bits per heavy atom. The number of carbonyl (C=O) groups is 1. The van der Waals surface area contributed by atoms with Crippen LogP contribution < -0.4 is 4.90 Å². The lowest BCUT2D eigenvalue weighted by molar-refractivity contribution is -0.136. The van der Waals surface area contributed by atoms with Crippen molar-refractivity contribution in [1.82, 2.24) is 9.97 Å². The van der Waals surface area contributed by atoms with Crippen LogP contribution in [0.5, 0.6) is 0 Å². The van der Waals surface area contributed by atoms with E-state index in [1.54, 1.807) is 11.9 Å². The van der Waals surface area contributed by atoms with Crippen LogP contribution in [0.2, 0.25) is 0 Å². The average molecular weight is 535 g/mol. The Morgan fingerprint density at radius 2 is 1.80 bits per heavy atom. The molecule has 1 heterocycles. The summed E-state index contributed by atoms with van der Waals surface area (Å²) in [6.45, 7) is 0.382. The number of fused-ring (bicyclic) bond motifs is 1. The maximum absolute atomic E-state index is 10.6. The molecule has 0 spiro atoms. The van der Waals surface area contributed by atoms with Gasteiger partial charge in [-0.15, -0.1) is 0 Å². The highest BCUT2D eigenvalue weighted by molar-refractivity contribution is 9.15. The van der Waals surface area contributed by atoms with Crippen LogP contribution in [-0.2, 0) is 4.79 Å². The summed E-state index contributed by atoms with van der Waals surface area (Å²) in [5.41, 5.74) is 1.60. The zero-order chi connectivity index (χ0) is 15.0. The second kappa shape index (κ2) is 6.33. The van der Waals surface area contributed by atoms with Crippen molar-refractivity contribution >= 4 is 86.7 Å². The van der Waals surface area contributed by atoms with E-state index in [0.717, 1.165) is 28.9 Å². The molecule has 9 heteroatoms. The Kier molecular flexibility index (Phi) is 5.14. The van der Waals surface area contributed by atoms with Gasteiger partial charge in [0.25, 0.3) is 0 Å². The molecule has 0 amide bonds. The Labute approximate surface area is 148 Å². The summed E-state index contributed by atoms with van der Waals surface area (Å²) in [6.07, 6.45) is 0.0588. The lowest BCUT2D eigenvalue weighted by Gasteiger charge is -2.13. The van der Waals surface area contributed by atoms with Crippen LogP contribution in [0.3, 0.4) is 0 Å². The topological polar surface area (TPSA) is 69.2 Å². The van der Waals surface area contributed by atoms with Crippen LogP contribution in [-0.4, -0.2) is 34.6 Å². The van der Waals surface area contributed by atoms with Gasteiger partial charge in [0.05, 0.1) is 20.9 Å². The van der Waals surface area contributed by atoms with E-state index in [1.807, 2.05) is 0 Å². The van der Waals surface area contributed by atoms with Crippen LogP contribution in [0, 0.1) is 0 Å². The Balaban J connectivity index is 2.46. The highest BCUT2D eigenvalue weighted by Gasteiger charge is 2.18. The number of carboxylic acids is 1. The van der Waals surface area contributed by atoms with Crippen LogP contribution in [0.1, 0.15) is 6.42 Å². The van der Waals surface area contributed by atoms with E-state index in [-0.39, 0.29) is 6.42 Å². The Bertz CT molecular complexity index is 641. The summed E-state index contributed by atoms with van der Waals surface area (Å²) in [5.74, 6) is -0.214. The number of imidazole rings is 1. The fourth-order valence-electron chi connectivity index (χ4n) is 1.63. The molecular formula is C11H9Br4N3O2. The summed E-state index contributed by atoms with van der Waals surface area (Å²) in [5, 5.41) is 8.73. The van der Waals surface area contributed by atoms with Crippen molar-refractivity contribution in [1.29, 1.82) is 0 Å². The zero-order valence-electron chi connectivity index (χ0n) is 10.2. The molecule has 2 N–H and O–H groups in total. The van der Waals surface area contributed by atoms with Crippen LogP contribution >= 0.6 is 63.7 Å². The molecule has 0 saturated carbocycles. The lowest BCUT2D eigenvalue weighted by Crippen LogP contribution is -2.21. The first-order chi connectivity index (χ1) is 9.32. The minimum absolute atomic E-state index is 0.0588. The van der Waals surface area contributed by atoms with Crippen molar-refractivity contribution in [3.05, 3.63) is 17.9 Å². The molecule has 1 aromatic carbocycles. The molecule has 0 unspecified atom stereocenters. The van der Waals surface area contributed by atoms with E-state index in [9.17, 15) is 4.79 Å². The van der Waals surface area contributed by atoms with Gasteiger partial charge < -0.3 is 15.0 Å². The molecule has 1 aromatic heterocycles. The number of aromatic nitrogens is 2. The van der Waals surface area contributed by atoms with Crippen LogP contribution in [0.25, 0.3) is 11.0 Å². The number of anilines is 1. The Morgan fingerprint density at radius 1 is 1.20 bits per heavy atom. The quantitative estimate of drug-likeness (QED) is 0.447. The predicted molar refractivity (Wildman–Crippen MR) is 92.4 cm³/mol. The van der Waals surface area contributed by atoms with E-state index in [2.05, 4.69) is 73.7 Å². The highest BCUT2D eigenvalue weighted by Crippen LogP contribution is 2.43. The molecule has 0 saturated heterocycles. The molecule has 0 aliphatic carbocycles. The number of nitrogens with zero attached hydrogens (tertiary/aromatic N) is 2. The third-order valence-electron chi connectivity index (χ3n) is 2.72. The Hall–Kier alpha value is -0.120. The SMILES string of the molecule is CN(CCC(=O)O)c1nc2c(Br)c(Br)c(Br)c(Br)c2[nH]1. The van der Waals surface area contributed by atoms with Gasteiger partial charge in [-0.1, -0.05) is 0 Å². The number of hydrogen-bond donors (Lipinski definition) is 2. The van der Waals surface area contributed by atoms with Gasteiger partial charge in [-0.05, 0) is 63.7 Å². The monoisotopic (exact) mass is 531 g/mol. The van der Waals surface area contributed by atoms with E-state index < -0.39 is 5.97 Å². The molecule has 5 nitrogen and oxygen atoms in total. The van der Waals surface area contributed by atoms with E-state index >= 15 is 0 Å². The second-order valence-electron chi connectivity index (χ2n) is 4.11. The molecule has 0 fully saturated rings. The number of nitrogens with one attached hydrogen (secondary N) is 1. The summed E-state index contributed by atoms with van der Waals surface area (Å²) >= 11 is 14.0.